The highest BCUT2D eigenvalue weighted by Gasteiger charge is 2.25. The molecule has 0 bridgehead atoms. The third kappa shape index (κ3) is 10.4. The Morgan fingerprint density at radius 3 is 0.827 bits per heavy atom. The molecular formula is C90H54N8. The van der Waals surface area contributed by atoms with Crippen molar-refractivity contribution in [3.8, 4) is 142 Å². The fourth-order valence-corrected chi connectivity index (χ4v) is 13.9. The number of rotatable bonds is 12. The molecule has 0 atom stereocenters. The molecule has 0 unspecified atom stereocenters. The largest absolute Gasteiger partial charge is 0.309 e. The lowest BCUT2D eigenvalue weighted by atomic mass is 9.96. The number of hydrogen-bond acceptors (Lipinski definition) is 6. The highest BCUT2D eigenvalue weighted by atomic mass is 15.0. The molecule has 8 heteroatoms. The molecule has 0 N–H and O–H groups in total. The van der Waals surface area contributed by atoms with Crippen molar-refractivity contribution in [2.75, 3.05) is 0 Å². The molecule has 17 rings (SSSR count). The Labute approximate surface area is 566 Å². The summed E-state index contributed by atoms with van der Waals surface area (Å²) in [6.07, 6.45) is 0. The van der Waals surface area contributed by atoms with Crippen LogP contribution in [0.5, 0.6) is 0 Å². The second-order valence-corrected chi connectivity index (χ2v) is 24.4. The molecule has 0 aliphatic heterocycles. The third-order valence-electron chi connectivity index (χ3n) is 18.8. The highest BCUT2D eigenvalue weighted by Crippen LogP contribution is 2.45. The molecule has 8 nitrogen and oxygen atoms in total. The van der Waals surface area contributed by atoms with E-state index in [2.05, 4.69) is 246 Å². The maximum atomic E-state index is 10.8. The second kappa shape index (κ2) is 24.6. The van der Waals surface area contributed by atoms with Gasteiger partial charge in [-0.2, -0.15) is 15.8 Å². The van der Waals surface area contributed by atoms with Crippen molar-refractivity contribution in [1.82, 2.24) is 24.1 Å². The summed E-state index contributed by atoms with van der Waals surface area (Å²) in [5, 5.41) is 35.6. The normalized spacial score (nSPS) is 11.2. The molecule has 98 heavy (non-hydrogen) atoms. The van der Waals surface area contributed by atoms with Crippen molar-refractivity contribution in [3.05, 3.63) is 344 Å². The fourth-order valence-electron chi connectivity index (χ4n) is 13.9. The number of aromatic nitrogens is 5. The average Bonchev–Trinajstić information content (AvgIpc) is 1.56. The van der Waals surface area contributed by atoms with Crippen molar-refractivity contribution in [3.63, 3.8) is 0 Å². The van der Waals surface area contributed by atoms with Crippen LogP contribution in [0.4, 0.5) is 0 Å². The summed E-state index contributed by atoms with van der Waals surface area (Å²) in [5.74, 6) is 1.32. The molecular weight excluding hydrogens is 1190 g/mol. The Hall–Kier alpha value is -13.8. The summed E-state index contributed by atoms with van der Waals surface area (Å²) in [7, 11) is 0. The van der Waals surface area contributed by atoms with Gasteiger partial charge in [0, 0.05) is 60.5 Å². The minimum absolute atomic E-state index is 0.431. The first-order valence-corrected chi connectivity index (χ1v) is 32.5. The Balaban J connectivity index is 0.914. The quantitative estimate of drug-likeness (QED) is 0.120. The third-order valence-corrected chi connectivity index (χ3v) is 18.8. The van der Waals surface area contributed by atoms with Gasteiger partial charge in [-0.15, -0.1) is 0 Å². The monoisotopic (exact) mass is 1250 g/mol. The molecule has 0 fully saturated rings. The van der Waals surface area contributed by atoms with E-state index in [0.717, 1.165) is 150 Å². The molecule has 0 spiro atoms. The molecule has 0 amide bonds. The van der Waals surface area contributed by atoms with Crippen LogP contribution < -0.4 is 0 Å². The van der Waals surface area contributed by atoms with Crippen LogP contribution in [0.3, 0.4) is 0 Å². The summed E-state index contributed by atoms with van der Waals surface area (Å²) >= 11 is 0. The number of benzene rings is 14. The van der Waals surface area contributed by atoms with Crippen molar-refractivity contribution >= 4 is 43.6 Å². The molecule has 0 aliphatic carbocycles. The van der Waals surface area contributed by atoms with E-state index in [1.165, 1.54) is 0 Å². The van der Waals surface area contributed by atoms with Crippen LogP contribution in [0.2, 0.25) is 0 Å². The van der Waals surface area contributed by atoms with Gasteiger partial charge in [-0.1, -0.05) is 243 Å². The molecule has 0 saturated heterocycles. The van der Waals surface area contributed by atoms with Gasteiger partial charge in [0.1, 0.15) is 0 Å². The number of nitriles is 3. The van der Waals surface area contributed by atoms with E-state index in [9.17, 15) is 15.8 Å². The first-order valence-electron chi connectivity index (χ1n) is 32.5. The summed E-state index contributed by atoms with van der Waals surface area (Å²) in [4.78, 5) is 16.4. The number of fused-ring (bicyclic) bond motifs is 6. The van der Waals surface area contributed by atoms with E-state index in [0.29, 0.717) is 34.2 Å². The molecule has 0 saturated carbocycles. The van der Waals surface area contributed by atoms with Crippen LogP contribution in [-0.2, 0) is 0 Å². The molecule has 454 valence electrons. The summed E-state index contributed by atoms with van der Waals surface area (Å²) < 4.78 is 4.65. The topological polar surface area (TPSA) is 120 Å². The van der Waals surface area contributed by atoms with Gasteiger partial charge in [-0.25, -0.2) is 15.0 Å². The van der Waals surface area contributed by atoms with Gasteiger partial charge in [0.25, 0.3) is 0 Å². The summed E-state index contributed by atoms with van der Waals surface area (Å²) in [6, 6.07) is 120. The van der Waals surface area contributed by atoms with Crippen molar-refractivity contribution in [2.45, 2.75) is 0 Å². The molecule has 3 heterocycles. The van der Waals surface area contributed by atoms with Gasteiger partial charge in [0.05, 0.1) is 68.3 Å². The summed E-state index contributed by atoms with van der Waals surface area (Å²) in [5.41, 5.74) is 23.6. The molecule has 0 aliphatic rings. The van der Waals surface area contributed by atoms with Crippen molar-refractivity contribution in [1.29, 1.82) is 15.8 Å². The Morgan fingerprint density at radius 1 is 0.214 bits per heavy atom. The maximum absolute atomic E-state index is 10.8. The lowest BCUT2D eigenvalue weighted by Crippen LogP contribution is -2.04. The number of nitrogens with zero attached hydrogens (tertiary/aromatic N) is 8. The highest BCUT2D eigenvalue weighted by molar-refractivity contribution is 6.14. The van der Waals surface area contributed by atoms with Crippen molar-refractivity contribution in [2.24, 2.45) is 0 Å². The molecule has 14 aromatic carbocycles. The predicted octanol–water partition coefficient (Wildman–Crippen LogP) is 22.4. The van der Waals surface area contributed by atoms with Gasteiger partial charge in [-0.3, -0.25) is 0 Å². The lowest BCUT2D eigenvalue weighted by molar-refractivity contribution is 1.07. The average molecular weight is 1250 g/mol. The van der Waals surface area contributed by atoms with Gasteiger partial charge < -0.3 is 9.13 Å². The first-order chi connectivity index (χ1) is 48.4. The van der Waals surface area contributed by atoms with E-state index in [1.807, 2.05) is 109 Å². The van der Waals surface area contributed by atoms with Crippen LogP contribution in [0.25, 0.3) is 167 Å². The van der Waals surface area contributed by atoms with Crippen LogP contribution in [0.15, 0.2) is 328 Å². The van der Waals surface area contributed by atoms with Gasteiger partial charge in [-0.05, 0) is 141 Å². The van der Waals surface area contributed by atoms with Crippen LogP contribution >= 0.6 is 0 Å². The lowest BCUT2D eigenvalue weighted by Gasteiger charge is -2.18. The smallest absolute Gasteiger partial charge is 0.164 e. The fraction of sp³-hybridized carbons (Fsp3) is 0. The van der Waals surface area contributed by atoms with E-state index in [1.54, 1.807) is 0 Å². The predicted molar refractivity (Wildman–Crippen MR) is 397 cm³/mol. The Kier molecular flexibility index (Phi) is 14.5. The second-order valence-electron chi connectivity index (χ2n) is 24.4. The van der Waals surface area contributed by atoms with Crippen LogP contribution in [0.1, 0.15) is 16.7 Å². The van der Waals surface area contributed by atoms with E-state index in [4.69, 9.17) is 15.0 Å². The molecule has 17 aromatic rings. The zero-order valence-corrected chi connectivity index (χ0v) is 52.8. The van der Waals surface area contributed by atoms with Gasteiger partial charge in [0.15, 0.2) is 17.5 Å². The zero-order valence-electron chi connectivity index (χ0n) is 52.8. The molecule has 3 aromatic heterocycles. The minimum Gasteiger partial charge on any atom is -0.309 e. The first kappa shape index (κ1) is 58.0. The van der Waals surface area contributed by atoms with Gasteiger partial charge >= 0.3 is 0 Å². The van der Waals surface area contributed by atoms with E-state index < -0.39 is 0 Å². The van der Waals surface area contributed by atoms with Crippen LogP contribution in [-0.4, -0.2) is 24.1 Å². The minimum atomic E-state index is 0.431. The standard InChI is InChI=1S/C90H54N8/c91-55-58-29-31-63(32-30-58)64-33-35-65(36-34-64)88-94-89(70-37-43-76(74-27-15-13-25-72(74)56-92)86(53-70)97-82-45-39-66(59-17-5-1-6-18-59)49-78(82)79-50-67(40-46-83(79)97)60-19-7-2-8-20-60)96-90(95-88)71-38-44-77(75-28-16-14-26-73(75)57-93)87(54-71)98-84-47-41-68(61-21-9-3-10-22-61)51-80(84)81-52-69(42-48-85(81)98)62-23-11-4-12-24-62/h1-54H. The zero-order chi connectivity index (χ0) is 65.6. The Morgan fingerprint density at radius 2 is 0.490 bits per heavy atom. The van der Waals surface area contributed by atoms with E-state index >= 15 is 0 Å². The summed E-state index contributed by atoms with van der Waals surface area (Å²) in [6.45, 7) is 0. The number of hydrogen-bond donors (Lipinski definition) is 0. The van der Waals surface area contributed by atoms with Crippen molar-refractivity contribution < 1.29 is 0 Å². The van der Waals surface area contributed by atoms with E-state index in [-0.39, 0.29) is 0 Å². The molecule has 0 radical (unpaired) electrons. The Bertz CT molecular complexity index is 5590. The van der Waals surface area contributed by atoms with Crippen LogP contribution in [0, 0.1) is 34.0 Å². The van der Waals surface area contributed by atoms with Gasteiger partial charge in [0.2, 0.25) is 0 Å². The SMILES string of the molecule is N#Cc1ccc(-c2ccc(-c3nc(-c4ccc(-c5ccccc5C#N)c(-n5c6ccc(-c7ccccc7)cc6c6cc(-c7ccccc7)ccc65)c4)nc(-c4ccc(-c5ccccc5C#N)c(-n5c6ccc(-c7ccccc7)cc6c6cc(-c7ccccc7)ccc65)c4)n3)cc2)cc1. The maximum Gasteiger partial charge on any atom is 0.164 e.